The van der Waals surface area contributed by atoms with Crippen molar-refractivity contribution in [3.8, 4) is 5.75 Å². The highest BCUT2D eigenvalue weighted by molar-refractivity contribution is 7.92. The maximum Gasteiger partial charge on any atom is 0.255 e. The van der Waals surface area contributed by atoms with E-state index in [9.17, 15) is 18.0 Å². The topological polar surface area (TPSA) is 92.8 Å². The number of rotatable bonds is 6. The number of nitrogens with zero attached hydrogens (tertiary/aromatic N) is 1. The fourth-order valence-electron chi connectivity index (χ4n) is 3.15. The highest BCUT2D eigenvalue weighted by Crippen LogP contribution is 2.34. The first-order valence-electron chi connectivity index (χ1n) is 9.37. The molecule has 3 rings (SSSR count). The zero-order valence-corrected chi connectivity index (χ0v) is 17.5. The van der Waals surface area contributed by atoms with Crippen LogP contribution in [0.15, 0.2) is 47.4 Å². The normalized spacial score (nSPS) is 14.3. The van der Waals surface area contributed by atoms with Crippen molar-refractivity contribution in [2.24, 2.45) is 0 Å². The molecule has 1 aliphatic heterocycles. The lowest BCUT2D eigenvalue weighted by atomic mass is 10.2. The standard InChI is InChI=1S/C21H24N2O5S/c1-14(2)29(26,27)17-9-6-15(7-10-17)21(25)22-16-8-11-19(28-3)18(13-16)23-12-4-5-20(23)24/h6-11,13-14H,4-5,12H2,1-3H3,(H,22,25). The van der Waals surface area contributed by atoms with E-state index in [2.05, 4.69) is 5.32 Å². The number of benzene rings is 2. The molecule has 2 aromatic carbocycles. The van der Waals surface area contributed by atoms with Gasteiger partial charge in [0.1, 0.15) is 5.75 Å². The van der Waals surface area contributed by atoms with Crippen molar-refractivity contribution in [3.63, 3.8) is 0 Å². The van der Waals surface area contributed by atoms with Gasteiger partial charge in [-0.15, -0.1) is 0 Å². The molecule has 2 amide bonds. The zero-order chi connectivity index (χ0) is 21.2. The van der Waals surface area contributed by atoms with Crippen molar-refractivity contribution in [1.82, 2.24) is 0 Å². The Balaban J connectivity index is 1.81. The van der Waals surface area contributed by atoms with E-state index in [4.69, 9.17) is 4.74 Å². The Labute approximate surface area is 170 Å². The first-order chi connectivity index (χ1) is 13.7. The van der Waals surface area contributed by atoms with Crippen molar-refractivity contribution in [2.45, 2.75) is 36.8 Å². The summed E-state index contributed by atoms with van der Waals surface area (Å²) in [4.78, 5) is 26.5. The fraction of sp³-hybridized carbons (Fsp3) is 0.333. The second-order valence-electron chi connectivity index (χ2n) is 7.11. The van der Waals surface area contributed by atoms with Crippen molar-refractivity contribution in [3.05, 3.63) is 48.0 Å². The first kappa shape index (κ1) is 20.9. The van der Waals surface area contributed by atoms with E-state index in [-0.39, 0.29) is 16.7 Å². The average Bonchev–Trinajstić information content (AvgIpc) is 3.13. The minimum Gasteiger partial charge on any atom is -0.495 e. The third-order valence-corrected chi connectivity index (χ3v) is 7.04. The highest BCUT2D eigenvalue weighted by Gasteiger charge is 2.25. The minimum absolute atomic E-state index is 0.0220. The number of amides is 2. The van der Waals surface area contributed by atoms with Gasteiger partial charge in [-0.2, -0.15) is 0 Å². The summed E-state index contributed by atoms with van der Waals surface area (Å²) in [6.45, 7) is 3.84. The Bertz CT molecular complexity index is 1030. The highest BCUT2D eigenvalue weighted by atomic mass is 32.2. The number of ether oxygens (including phenoxy) is 1. The second-order valence-corrected chi connectivity index (χ2v) is 9.61. The monoisotopic (exact) mass is 416 g/mol. The fourth-order valence-corrected chi connectivity index (χ4v) is 4.21. The van der Waals surface area contributed by atoms with Crippen LogP contribution in [0.4, 0.5) is 11.4 Å². The molecule has 0 spiro atoms. The van der Waals surface area contributed by atoms with Crippen LogP contribution >= 0.6 is 0 Å². The lowest BCUT2D eigenvalue weighted by molar-refractivity contribution is -0.117. The molecule has 7 nitrogen and oxygen atoms in total. The van der Waals surface area contributed by atoms with Crippen LogP contribution < -0.4 is 15.0 Å². The number of carbonyl (C=O) groups is 2. The van der Waals surface area contributed by atoms with E-state index in [1.165, 1.54) is 31.4 Å². The van der Waals surface area contributed by atoms with Gasteiger partial charge in [0.25, 0.3) is 5.91 Å². The van der Waals surface area contributed by atoms with Crippen LogP contribution in [-0.2, 0) is 14.6 Å². The van der Waals surface area contributed by atoms with Crippen LogP contribution in [0.3, 0.4) is 0 Å². The van der Waals surface area contributed by atoms with E-state index >= 15 is 0 Å². The number of methoxy groups -OCH3 is 1. The molecule has 1 fully saturated rings. The van der Waals surface area contributed by atoms with Crippen molar-refractivity contribution >= 4 is 33.0 Å². The summed E-state index contributed by atoms with van der Waals surface area (Å²) in [5, 5.41) is 2.25. The van der Waals surface area contributed by atoms with Gasteiger partial charge in [0.05, 0.1) is 22.9 Å². The quantitative estimate of drug-likeness (QED) is 0.780. The lowest BCUT2D eigenvalue weighted by Gasteiger charge is -2.20. The van der Waals surface area contributed by atoms with E-state index < -0.39 is 15.1 Å². The molecular weight excluding hydrogens is 392 g/mol. The van der Waals surface area contributed by atoms with Gasteiger partial charge in [0.2, 0.25) is 5.91 Å². The van der Waals surface area contributed by atoms with Crippen LogP contribution in [0.25, 0.3) is 0 Å². The molecule has 1 heterocycles. The number of sulfone groups is 1. The molecule has 0 atom stereocenters. The summed E-state index contributed by atoms with van der Waals surface area (Å²) in [5.74, 6) is 0.206. The van der Waals surface area contributed by atoms with E-state index in [1.807, 2.05) is 0 Å². The lowest BCUT2D eigenvalue weighted by Crippen LogP contribution is -2.24. The molecule has 1 aliphatic rings. The minimum atomic E-state index is -3.39. The van der Waals surface area contributed by atoms with E-state index in [0.29, 0.717) is 35.7 Å². The Morgan fingerprint density at radius 2 is 1.83 bits per heavy atom. The van der Waals surface area contributed by atoms with Crippen LogP contribution in [0.1, 0.15) is 37.0 Å². The molecular formula is C21H24N2O5S. The molecule has 1 saturated heterocycles. The van der Waals surface area contributed by atoms with Crippen LogP contribution in [-0.4, -0.2) is 39.1 Å². The number of anilines is 2. The summed E-state index contributed by atoms with van der Waals surface area (Å²) in [5.41, 5.74) is 1.47. The van der Waals surface area contributed by atoms with E-state index in [1.54, 1.807) is 36.9 Å². The van der Waals surface area contributed by atoms with Gasteiger partial charge in [-0.05, 0) is 62.7 Å². The van der Waals surface area contributed by atoms with Crippen molar-refractivity contribution in [1.29, 1.82) is 0 Å². The molecule has 0 bridgehead atoms. The Hall–Kier alpha value is -2.87. The smallest absolute Gasteiger partial charge is 0.255 e. The van der Waals surface area contributed by atoms with Gasteiger partial charge < -0.3 is 15.0 Å². The second kappa shape index (κ2) is 8.24. The summed E-state index contributed by atoms with van der Waals surface area (Å²) in [6, 6.07) is 10.9. The molecule has 1 N–H and O–H groups in total. The van der Waals surface area contributed by atoms with E-state index in [0.717, 1.165) is 6.42 Å². The molecule has 0 saturated carbocycles. The van der Waals surface area contributed by atoms with Crippen LogP contribution in [0, 0.1) is 0 Å². The van der Waals surface area contributed by atoms with Gasteiger partial charge in [-0.1, -0.05) is 0 Å². The van der Waals surface area contributed by atoms with Crippen LogP contribution in [0.2, 0.25) is 0 Å². The Kier molecular flexibility index (Phi) is 5.93. The Morgan fingerprint density at radius 1 is 1.14 bits per heavy atom. The summed E-state index contributed by atoms with van der Waals surface area (Å²) < 4.78 is 29.8. The average molecular weight is 416 g/mol. The predicted molar refractivity (Wildman–Crippen MR) is 111 cm³/mol. The van der Waals surface area contributed by atoms with Crippen LogP contribution in [0.5, 0.6) is 5.75 Å². The summed E-state index contributed by atoms with van der Waals surface area (Å²) in [6.07, 6.45) is 1.27. The number of carbonyl (C=O) groups excluding carboxylic acids is 2. The molecule has 0 unspecified atom stereocenters. The molecule has 0 radical (unpaired) electrons. The summed E-state index contributed by atoms with van der Waals surface area (Å²) >= 11 is 0. The third kappa shape index (κ3) is 4.27. The molecule has 29 heavy (non-hydrogen) atoms. The zero-order valence-electron chi connectivity index (χ0n) is 16.6. The molecule has 2 aromatic rings. The van der Waals surface area contributed by atoms with Gasteiger partial charge in [-0.3, -0.25) is 9.59 Å². The largest absolute Gasteiger partial charge is 0.495 e. The van der Waals surface area contributed by atoms with Gasteiger partial charge in [0.15, 0.2) is 9.84 Å². The number of hydrogen-bond donors (Lipinski definition) is 1. The molecule has 154 valence electrons. The van der Waals surface area contributed by atoms with Gasteiger partial charge >= 0.3 is 0 Å². The predicted octanol–water partition coefficient (Wildman–Crippen LogP) is 3.26. The van der Waals surface area contributed by atoms with Crippen molar-refractivity contribution < 1.29 is 22.7 Å². The maximum atomic E-state index is 12.6. The van der Waals surface area contributed by atoms with Gasteiger partial charge in [0, 0.05) is 24.2 Å². The molecule has 0 aromatic heterocycles. The molecule has 8 heteroatoms. The number of hydrogen-bond acceptors (Lipinski definition) is 5. The number of nitrogens with one attached hydrogen (secondary N) is 1. The maximum absolute atomic E-state index is 12.6. The SMILES string of the molecule is COc1ccc(NC(=O)c2ccc(S(=O)(=O)C(C)C)cc2)cc1N1CCCC1=O. The van der Waals surface area contributed by atoms with Crippen molar-refractivity contribution in [2.75, 3.05) is 23.9 Å². The van der Waals surface area contributed by atoms with Gasteiger partial charge in [-0.25, -0.2) is 8.42 Å². The summed E-state index contributed by atoms with van der Waals surface area (Å²) in [7, 11) is -1.86. The third-order valence-electron chi connectivity index (χ3n) is 4.87. The molecule has 0 aliphatic carbocycles. The Morgan fingerprint density at radius 3 is 2.38 bits per heavy atom. The first-order valence-corrected chi connectivity index (χ1v) is 10.9.